The molecule has 0 saturated carbocycles. The minimum Gasteiger partial charge on any atom is -0.496 e. The molecule has 2 aromatic heterocycles. The van der Waals surface area contributed by atoms with E-state index in [0.29, 0.717) is 25.2 Å². The fourth-order valence-corrected chi connectivity index (χ4v) is 3.21. The number of hydrogen-bond donors (Lipinski definition) is 1. The lowest BCUT2D eigenvalue weighted by molar-refractivity contribution is -0.121. The van der Waals surface area contributed by atoms with Crippen LogP contribution in [0, 0.1) is 0 Å². The molecule has 0 bridgehead atoms. The smallest absolute Gasteiger partial charge is 0.252 e. The predicted octanol–water partition coefficient (Wildman–Crippen LogP) is 2.58. The summed E-state index contributed by atoms with van der Waals surface area (Å²) in [5, 5.41) is 7.03. The first kappa shape index (κ1) is 18.3. The van der Waals surface area contributed by atoms with Crippen LogP contribution in [0.3, 0.4) is 0 Å². The number of ether oxygens (including phenoxy) is 1. The second-order valence-electron chi connectivity index (χ2n) is 5.89. The van der Waals surface area contributed by atoms with Gasteiger partial charge in [0.1, 0.15) is 12.1 Å². The molecule has 136 valence electrons. The molecule has 0 atom stereocenters. The molecule has 0 spiro atoms. The number of nitrogens with zero attached hydrogens (tertiary/aromatic N) is 4. The number of carbonyl (C=O) groups is 1. The maximum absolute atomic E-state index is 12.0. The van der Waals surface area contributed by atoms with Crippen LogP contribution in [-0.4, -0.2) is 39.1 Å². The Bertz CT molecular complexity index is 896. The lowest BCUT2D eigenvalue weighted by Gasteiger charge is -2.07. The molecule has 26 heavy (non-hydrogen) atoms. The Hall–Kier alpha value is -2.48. The number of benzene rings is 1. The van der Waals surface area contributed by atoms with E-state index >= 15 is 0 Å². The van der Waals surface area contributed by atoms with Crippen LogP contribution in [0.25, 0.3) is 5.78 Å². The van der Waals surface area contributed by atoms with E-state index in [0.717, 1.165) is 34.2 Å². The summed E-state index contributed by atoms with van der Waals surface area (Å²) in [6.45, 7) is 0.639. The highest BCUT2D eigenvalue weighted by Gasteiger charge is 2.05. The van der Waals surface area contributed by atoms with E-state index in [9.17, 15) is 4.79 Å². The van der Waals surface area contributed by atoms with Crippen LogP contribution in [0.2, 0.25) is 0 Å². The molecular weight excluding hydrogens is 398 g/mol. The van der Waals surface area contributed by atoms with Gasteiger partial charge in [-0.1, -0.05) is 6.07 Å². The lowest BCUT2D eigenvalue weighted by Crippen LogP contribution is -2.25. The van der Waals surface area contributed by atoms with Crippen molar-refractivity contribution in [2.75, 3.05) is 13.7 Å². The van der Waals surface area contributed by atoms with Crippen molar-refractivity contribution in [3.05, 3.63) is 52.5 Å². The van der Waals surface area contributed by atoms with Crippen LogP contribution in [0.4, 0.5) is 0 Å². The summed E-state index contributed by atoms with van der Waals surface area (Å²) >= 11 is 3.46. The van der Waals surface area contributed by atoms with Crippen molar-refractivity contribution in [2.24, 2.45) is 0 Å². The van der Waals surface area contributed by atoms with Gasteiger partial charge in [0.05, 0.1) is 11.6 Å². The summed E-state index contributed by atoms with van der Waals surface area (Å²) in [6.07, 6.45) is 8.03. The third-order valence-corrected chi connectivity index (χ3v) is 4.63. The number of hydrogen-bond acceptors (Lipinski definition) is 5. The number of carbonyl (C=O) groups excluding carboxylic acids is 1. The van der Waals surface area contributed by atoms with E-state index in [2.05, 4.69) is 36.3 Å². The minimum absolute atomic E-state index is 0.0572. The molecule has 7 nitrogen and oxygen atoms in total. The van der Waals surface area contributed by atoms with Gasteiger partial charge >= 0.3 is 0 Å². The maximum atomic E-state index is 12.0. The van der Waals surface area contributed by atoms with Gasteiger partial charge in [0.15, 0.2) is 0 Å². The predicted molar refractivity (Wildman–Crippen MR) is 101 cm³/mol. The van der Waals surface area contributed by atoms with E-state index in [1.54, 1.807) is 17.8 Å². The zero-order chi connectivity index (χ0) is 18.4. The Morgan fingerprint density at radius 3 is 2.96 bits per heavy atom. The average molecular weight is 418 g/mol. The molecule has 3 rings (SSSR count). The van der Waals surface area contributed by atoms with Crippen LogP contribution in [0.1, 0.15) is 24.0 Å². The zero-order valence-corrected chi connectivity index (χ0v) is 16.1. The van der Waals surface area contributed by atoms with Crippen molar-refractivity contribution < 1.29 is 9.53 Å². The molecule has 0 aliphatic carbocycles. The van der Waals surface area contributed by atoms with E-state index in [4.69, 9.17) is 4.74 Å². The highest BCUT2D eigenvalue weighted by atomic mass is 79.9. The highest BCUT2D eigenvalue weighted by Crippen LogP contribution is 2.25. The average Bonchev–Trinajstić information content (AvgIpc) is 3.11. The fourth-order valence-electron chi connectivity index (χ4n) is 2.62. The molecule has 1 amide bonds. The van der Waals surface area contributed by atoms with Crippen molar-refractivity contribution in [1.29, 1.82) is 0 Å². The van der Waals surface area contributed by atoms with Gasteiger partial charge in [-0.15, -0.1) is 0 Å². The maximum Gasteiger partial charge on any atom is 0.252 e. The molecule has 1 aromatic carbocycles. The van der Waals surface area contributed by atoms with Gasteiger partial charge in [-0.25, -0.2) is 9.50 Å². The summed E-state index contributed by atoms with van der Waals surface area (Å²) < 4.78 is 7.76. The molecule has 0 radical (unpaired) electrons. The molecule has 2 heterocycles. The zero-order valence-electron chi connectivity index (χ0n) is 14.5. The van der Waals surface area contributed by atoms with Gasteiger partial charge < -0.3 is 10.1 Å². The first-order chi connectivity index (χ1) is 12.7. The molecule has 0 saturated heterocycles. The van der Waals surface area contributed by atoms with Gasteiger partial charge in [-0.3, -0.25) is 4.79 Å². The first-order valence-corrected chi connectivity index (χ1v) is 9.18. The molecule has 3 aromatic rings. The Kier molecular flexibility index (Phi) is 6.17. The molecular formula is C18H20BrN5O2. The second kappa shape index (κ2) is 8.75. The lowest BCUT2D eigenvalue weighted by atomic mass is 10.1. The first-order valence-electron chi connectivity index (χ1n) is 8.39. The molecule has 0 unspecified atom stereocenters. The van der Waals surface area contributed by atoms with E-state index in [1.807, 2.05) is 24.4 Å². The Morgan fingerprint density at radius 2 is 2.15 bits per heavy atom. The highest BCUT2D eigenvalue weighted by molar-refractivity contribution is 9.10. The third kappa shape index (κ3) is 4.78. The number of aromatic nitrogens is 4. The third-order valence-electron chi connectivity index (χ3n) is 4.01. The van der Waals surface area contributed by atoms with Crippen molar-refractivity contribution in [2.45, 2.75) is 25.7 Å². The number of aryl methyl sites for hydroxylation is 2. The monoisotopic (exact) mass is 417 g/mol. The van der Waals surface area contributed by atoms with E-state index in [1.165, 1.54) is 6.33 Å². The van der Waals surface area contributed by atoms with Gasteiger partial charge in [-0.05, 0) is 58.5 Å². The summed E-state index contributed by atoms with van der Waals surface area (Å²) in [6, 6.07) is 5.86. The van der Waals surface area contributed by atoms with Crippen molar-refractivity contribution in [3.8, 4) is 5.75 Å². The van der Waals surface area contributed by atoms with Crippen molar-refractivity contribution >= 4 is 27.6 Å². The molecule has 0 fully saturated rings. The second-order valence-corrected chi connectivity index (χ2v) is 6.74. The number of amides is 1. The van der Waals surface area contributed by atoms with Crippen molar-refractivity contribution in [3.63, 3.8) is 0 Å². The largest absolute Gasteiger partial charge is 0.496 e. The minimum atomic E-state index is 0.0572. The molecule has 1 N–H and O–H groups in total. The van der Waals surface area contributed by atoms with Gasteiger partial charge in [0, 0.05) is 25.4 Å². The number of rotatable bonds is 8. The Labute approximate surface area is 159 Å². The molecule has 0 aliphatic rings. The summed E-state index contributed by atoms with van der Waals surface area (Å²) in [5.41, 5.74) is 2.17. The van der Waals surface area contributed by atoms with Crippen LogP contribution in [-0.2, 0) is 17.6 Å². The van der Waals surface area contributed by atoms with Crippen molar-refractivity contribution in [1.82, 2.24) is 24.9 Å². The standard InChI is InChI=1S/C18H20BrN5O2/c1-26-16-6-4-13(9-15(16)19)5-7-17(25)20-8-2-3-14-10-21-18-22-12-23-24(18)11-14/h4,6,9-12H,2-3,5,7-8H2,1H3,(H,20,25). The van der Waals surface area contributed by atoms with Gasteiger partial charge in [0.25, 0.3) is 5.78 Å². The summed E-state index contributed by atoms with van der Waals surface area (Å²) in [5.74, 6) is 1.44. The summed E-state index contributed by atoms with van der Waals surface area (Å²) in [4.78, 5) is 20.2. The van der Waals surface area contributed by atoms with Crippen LogP contribution in [0.5, 0.6) is 5.75 Å². The van der Waals surface area contributed by atoms with E-state index < -0.39 is 0 Å². The van der Waals surface area contributed by atoms with Gasteiger partial charge in [-0.2, -0.15) is 10.1 Å². The number of methoxy groups -OCH3 is 1. The quantitative estimate of drug-likeness (QED) is 0.569. The van der Waals surface area contributed by atoms with E-state index in [-0.39, 0.29) is 5.91 Å². The van der Waals surface area contributed by atoms with Crippen LogP contribution >= 0.6 is 15.9 Å². The topological polar surface area (TPSA) is 81.4 Å². The SMILES string of the molecule is COc1ccc(CCC(=O)NCCCc2cnc3ncnn3c2)cc1Br. The number of fused-ring (bicyclic) bond motifs is 1. The van der Waals surface area contributed by atoms with Crippen LogP contribution in [0.15, 0.2) is 41.4 Å². The fraction of sp³-hybridized carbons (Fsp3) is 0.333. The summed E-state index contributed by atoms with van der Waals surface area (Å²) in [7, 11) is 1.63. The number of nitrogens with one attached hydrogen (secondary N) is 1. The van der Waals surface area contributed by atoms with Gasteiger partial charge in [0.2, 0.25) is 5.91 Å². The Balaban J connectivity index is 1.38. The molecule has 0 aliphatic heterocycles. The Morgan fingerprint density at radius 1 is 1.27 bits per heavy atom. The number of halogens is 1. The normalized spacial score (nSPS) is 10.8. The molecule has 8 heteroatoms. The van der Waals surface area contributed by atoms with Crippen LogP contribution < -0.4 is 10.1 Å².